The van der Waals surface area contributed by atoms with Crippen molar-refractivity contribution in [2.75, 3.05) is 32.8 Å². The van der Waals surface area contributed by atoms with Gasteiger partial charge in [0.25, 0.3) is 0 Å². The molecule has 0 spiro atoms. The van der Waals surface area contributed by atoms with Gasteiger partial charge in [0.1, 0.15) is 5.60 Å². The van der Waals surface area contributed by atoms with Crippen LogP contribution in [0.3, 0.4) is 0 Å². The Labute approximate surface area is 146 Å². The first-order valence-electron chi connectivity index (χ1n) is 8.50. The Balaban J connectivity index is 2.23. The summed E-state index contributed by atoms with van der Waals surface area (Å²) in [7, 11) is 2.39. The lowest BCUT2D eigenvalue weighted by molar-refractivity contribution is -0.160. The van der Waals surface area contributed by atoms with E-state index in [1.807, 2.05) is 0 Å². The summed E-state index contributed by atoms with van der Waals surface area (Å²) in [6.45, 7) is 2.12. The highest BCUT2D eigenvalue weighted by molar-refractivity contribution is 7.99. The molecule has 0 unspecified atom stereocenters. The van der Waals surface area contributed by atoms with E-state index < -0.39 is 8.80 Å². The predicted molar refractivity (Wildman–Crippen MR) is 95.7 cm³/mol. The Bertz CT molecular complexity index is 335. The number of thioether (sulfide) groups is 1. The zero-order valence-electron chi connectivity index (χ0n) is 15.0. The molecule has 0 radical (unpaired) electrons. The van der Waals surface area contributed by atoms with Crippen LogP contribution in [0.5, 0.6) is 0 Å². The molecule has 1 aliphatic rings. The maximum absolute atomic E-state index is 12.1. The molecule has 136 valence electrons. The van der Waals surface area contributed by atoms with Crippen LogP contribution in [0.2, 0.25) is 6.04 Å². The summed E-state index contributed by atoms with van der Waals surface area (Å²) in [5.74, 6) is 1.22. The second-order valence-corrected chi connectivity index (χ2v) is 10.2. The molecule has 0 N–H and O–H groups in total. The van der Waals surface area contributed by atoms with E-state index in [1.165, 1.54) is 19.3 Å². The molecular formula is C16H32O5SSi. The van der Waals surface area contributed by atoms with Gasteiger partial charge in [0, 0.05) is 27.4 Å². The number of carbonyl (C=O) groups is 1. The molecule has 7 heteroatoms. The van der Waals surface area contributed by atoms with E-state index in [9.17, 15) is 4.79 Å². The molecule has 0 saturated heterocycles. The molecule has 1 fully saturated rings. The smallest absolute Gasteiger partial charge is 0.458 e. The molecule has 0 heterocycles. The van der Waals surface area contributed by atoms with E-state index >= 15 is 0 Å². The Morgan fingerprint density at radius 1 is 1.09 bits per heavy atom. The lowest BCUT2D eigenvalue weighted by Gasteiger charge is -2.36. The average molecular weight is 365 g/mol. The van der Waals surface area contributed by atoms with Gasteiger partial charge in [0.05, 0.1) is 5.75 Å². The molecular weight excluding hydrogens is 332 g/mol. The predicted octanol–water partition coefficient (Wildman–Crippen LogP) is 3.64. The maximum Gasteiger partial charge on any atom is 0.500 e. The number of hydrogen-bond acceptors (Lipinski definition) is 6. The molecule has 0 aromatic rings. The fraction of sp³-hybridized carbons (Fsp3) is 0.938. The number of esters is 1. The van der Waals surface area contributed by atoms with Crippen LogP contribution in [-0.2, 0) is 22.8 Å². The highest BCUT2D eigenvalue weighted by Gasteiger charge is 2.37. The van der Waals surface area contributed by atoms with Crippen molar-refractivity contribution >= 4 is 26.5 Å². The van der Waals surface area contributed by atoms with Crippen molar-refractivity contribution in [2.24, 2.45) is 0 Å². The Morgan fingerprint density at radius 3 is 2.22 bits per heavy atom. The van der Waals surface area contributed by atoms with Crippen LogP contribution in [0, 0.1) is 0 Å². The monoisotopic (exact) mass is 364 g/mol. The molecule has 5 nitrogen and oxygen atoms in total. The first kappa shape index (κ1) is 21.0. The van der Waals surface area contributed by atoms with Gasteiger partial charge in [-0.05, 0) is 44.3 Å². The summed E-state index contributed by atoms with van der Waals surface area (Å²) >= 11 is 1.61. The van der Waals surface area contributed by atoms with Crippen LogP contribution in [0.15, 0.2) is 0 Å². The molecule has 0 aliphatic heterocycles. The number of hydrogen-bond donors (Lipinski definition) is 0. The second kappa shape index (κ2) is 10.7. The Kier molecular flexibility index (Phi) is 9.76. The maximum atomic E-state index is 12.1. The van der Waals surface area contributed by atoms with Gasteiger partial charge in [-0.1, -0.05) is 13.3 Å². The Morgan fingerprint density at radius 2 is 1.70 bits per heavy atom. The van der Waals surface area contributed by atoms with Crippen LogP contribution in [0.4, 0.5) is 0 Å². The third-order valence-corrected chi connectivity index (χ3v) is 8.51. The summed E-state index contributed by atoms with van der Waals surface area (Å²) in [4.78, 5) is 12.1. The lowest BCUT2D eigenvalue weighted by Crippen LogP contribution is -2.42. The molecule has 1 rings (SSSR count). The van der Waals surface area contributed by atoms with Gasteiger partial charge < -0.3 is 18.0 Å². The second-order valence-electron chi connectivity index (χ2n) is 6.02. The van der Waals surface area contributed by atoms with Crippen molar-refractivity contribution in [3.63, 3.8) is 0 Å². The minimum Gasteiger partial charge on any atom is -0.458 e. The fourth-order valence-electron chi connectivity index (χ4n) is 3.10. The van der Waals surface area contributed by atoms with Gasteiger partial charge in [0.2, 0.25) is 0 Å². The lowest BCUT2D eigenvalue weighted by atomic mass is 9.83. The third kappa shape index (κ3) is 6.74. The van der Waals surface area contributed by atoms with Crippen molar-refractivity contribution in [1.82, 2.24) is 0 Å². The van der Waals surface area contributed by atoms with E-state index in [0.717, 1.165) is 37.5 Å². The highest BCUT2D eigenvalue weighted by Crippen LogP contribution is 2.34. The standard InChI is InChI=1S/C16H32O5SSi/c1-5-16(10-7-6-8-11-16)21-15(17)14-22-12-9-13-23(18-2,19-3)20-4/h5-14H2,1-4H3. The van der Waals surface area contributed by atoms with Crippen molar-refractivity contribution in [3.05, 3.63) is 0 Å². The number of ether oxygens (including phenoxy) is 1. The van der Waals surface area contributed by atoms with Crippen molar-refractivity contribution in [3.8, 4) is 0 Å². The third-order valence-electron chi connectivity index (χ3n) is 4.66. The molecule has 0 bridgehead atoms. The fourth-order valence-corrected chi connectivity index (χ4v) is 5.79. The zero-order chi connectivity index (χ0) is 17.2. The van der Waals surface area contributed by atoms with Crippen molar-refractivity contribution in [2.45, 2.75) is 63.5 Å². The molecule has 0 aromatic heterocycles. The zero-order valence-corrected chi connectivity index (χ0v) is 16.8. The molecule has 0 aromatic carbocycles. The van der Waals surface area contributed by atoms with Gasteiger partial charge in [-0.2, -0.15) is 11.8 Å². The molecule has 0 atom stereocenters. The van der Waals surface area contributed by atoms with Crippen molar-refractivity contribution < 1.29 is 22.8 Å². The van der Waals surface area contributed by atoms with Crippen LogP contribution in [-0.4, -0.2) is 53.2 Å². The first-order valence-corrected chi connectivity index (χ1v) is 11.6. The number of rotatable bonds is 11. The molecule has 23 heavy (non-hydrogen) atoms. The van der Waals surface area contributed by atoms with E-state index in [-0.39, 0.29) is 11.6 Å². The van der Waals surface area contributed by atoms with Gasteiger partial charge >= 0.3 is 14.8 Å². The van der Waals surface area contributed by atoms with Gasteiger partial charge in [-0.25, -0.2) is 0 Å². The summed E-state index contributed by atoms with van der Waals surface area (Å²) in [6.07, 6.45) is 7.47. The van der Waals surface area contributed by atoms with Gasteiger partial charge in [-0.3, -0.25) is 4.79 Å². The summed E-state index contributed by atoms with van der Waals surface area (Å²) in [6, 6.07) is 0.761. The van der Waals surface area contributed by atoms with Gasteiger partial charge in [-0.15, -0.1) is 0 Å². The summed E-state index contributed by atoms with van der Waals surface area (Å²) in [5.41, 5.74) is -0.194. The minimum atomic E-state index is -2.48. The van der Waals surface area contributed by atoms with Crippen LogP contribution >= 0.6 is 11.8 Å². The first-order chi connectivity index (χ1) is 11.1. The largest absolute Gasteiger partial charge is 0.500 e. The SMILES string of the molecule is CCC1(OC(=O)CSCCC[Si](OC)(OC)OC)CCCCC1. The van der Waals surface area contributed by atoms with Crippen LogP contribution in [0.25, 0.3) is 0 Å². The van der Waals surface area contributed by atoms with Crippen LogP contribution < -0.4 is 0 Å². The molecule has 1 aliphatic carbocycles. The van der Waals surface area contributed by atoms with E-state index in [4.69, 9.17) is 18.0 Å². The molecule has 0 amide bonds. The summed E-state index contributed by atoms with van der Waals surface area (Å²) in [5, 5.41) is 0. The number of carbonyl (C=O) groups excluding carboxylic acids is 1. The van der Waals surface area contributed by atoms with E-state index in [2.05, 4.69) is 6.92 Å². The quantitative estimate of drug-likeness (QED) is 0.317. The average Bonchev–Trinajstić information content (AvgIpc) is 2.59. The van der Waals surface area contributed by atoms with Crippen LogP contribution in [0.1, 0.15) is 51.9 Å². The van der Waals surface area contributed by atoms with Gasteiger partial charge in [0.15, 0.2) is 0 Å². The van der Waals surface area contributed by atoms with Crippen molar-refractivity contribution in [1.29, 1.82) is 0 Å². The van der Waals surface area contributed by atoms with E-state index in [1.54, 1.807) is 33.1 Å². The Hall–Kier alpha value is -0.0831. The minimum absolute atomic E-state index is 0.0764. The topological polar surface area (TPSA) is 54.0 Å². The highest BCUT2D eigenvalue weighted by atomic mass is 32.2. The molecule has 1 saturated carbocycles. The normalized spacial score (nSPS) is 17.9. The van der Waals surface area contributed by atoms with E-state index in [0.29, 0.717) is 5.75 Å². The summed E-state index contributed by atoms with van der Waals surface area (Å²) < 4.78 is 22.0.